The van der Waals surface area contributed by atoms with E-state index in [-0.39, 0.29) is 12.2 Å². The highest BCUT2D eigenvalue weighted by molar-refractivity contribution is 5.38. The van der Waals surface area contributed by atoms with Gasteiger partial charge in [-0.3, -0.25) is 9.80 Å². The lowest BCUT2D eigenvalue weighted by Crippen LogP contribution is -2.44. The highest BCUT2D eigenvalue weighted by atomic mass is 16.5. The summed E-state index contributed by atoms with van der Waals surface area (Å²) in [5.41, 5.74) is 3.82. The van der Waals surface area contributed by atoms with Crippen LogP contribution >= 0.6 is 0 Å². The van der Waals surface area contributed by atoms with Crippen molar-refractivity contribution in [2.24, 2.45) is 0 Å². The van der Waals surface area contributed by atoms with Gasteiger partial charge < -0.3 is 14.2 Å². The number of ether oxygens (including phenoxy) is 3. The number of fused-ring (bicyclic) bond motifs is 1. The summed E-state index contributed by atoms with van der Waals surface area (Å²) in [4.78, 5) is 13.1. The summed E-state index contributed by atoms with van der Waals surface area (Å²) in [7, 11) is 0. The van der Waals surface area contributed by atoms with E-state index in [0.717, 1.165) is 50.8 Å². The van der Waals surface area contributed by atoms with Crippen molar-refractivity contribution in [1.29, 1.82) is 0 Å². The molecule has 2 aromatic carbocycles. The van der Waals surface area contributed by atoms with E-state index in [0.29, 0.717) is 12.6 Å². The molecule has 178 valence electrons. The van der Waals surface area contributed by atoms with Gasteiger partial charge in [-0.2, -0.15) is 0 Å². The van der Waals surface area contributed by atoms with Crippen molar-refractivity contribution in [2.75, 3.05) is 26.2 Å². The van der Waals surface area contributed by atoms with E-state index in [1.54, 1.807) is 18.5 Å². The molecule has 0 saturated carbocycles. The van der Waals surface area contributed by atoms with E-state index in [1.165, 1.54) is 16.7 Å². The Morgan fingerprint density at radius 3 is 2.38 bits per heavy atom. The van der Waals surface area contributed by atoms with Crippen LogP contribution in [-0.2, 0) is 24.4 Å². The maximum Gasteiger partial charge on any atom is 0.321 e. The largest absolute Gasteiger partial charge is 0.492 e. The van der Waals surface area contributed by atoms with Gasteiger partial charge in [-0.25, -0.2) is 9.97 Å². The molecule has 0 radical (unpaired) electrons. The summed E-state index contributed by atoms with van der Waals surface area (Å²) in [5, 5.41) is 0. The molecule has 0 N–H and O–H groups in total. The SMILES string of the molecule is C[C@@H]1CN(Cc2ccc3c(c2)CN(Cc2ccc(Oc4ncccn4)cc2)CCO3)C[C@H](C)O1. The van der Waals surface area contributed by atoms with Crippen LogP contribution in [0.4, 0.5) is 0 Å². The summed E-state index contributed by atoms with van der Waals surface area (Å²) in [6, 6.07) is 16.9. The summed E-state index contributed by atoms with van der Waals surface area (Å²) in [6.07, 6.45) is 3.90. The summed E-state index contributed by atoms with van der Waals surface area (Å²) >= 11 is 0. The summed E-state index contributed by atoms with van der Waals surface area (Å²) in [6.45, 7) is 10.5. The van der Waals surface area contributed by atoms with Crippen LogP contribution in [0.2, 0.25) is 0 Å². The second kappa shape index (κ2) is 10.5. The zero-order valence-electron chi connectivity index (χ0n) is 19.9. The van der Waals surface area contributed by atoms with Crippen molar-refractivity contribution in [3.63, 3.8) is 0 Å². The predicted octanol–water partition coefficient (Wildman–Crippen LogP) is 4.27. The van der Waals surface area contributed by atoms with Gasteiger partial charge in [0.05, 0.1) is 12.2 Å². The van der Waals surface area contributed by atoms with Crippen LogP contribution in [0.25, 0.3) is 0 Å². The van der Waals surface area contributed by atoms with Crippen molar-refractivity contribution >= 4 is 0 Å². The molecule has 1 saturated heterocycles. The van der Waals surface area contributed by atoms with Crippen LogP contribution in [0.5, 0.6) is 17.5 Å². The fraction of sp³-hybridized carbons (Fsp3) is 0.407. The minimum Gasteiger partial charge on any atom is -0.492 e. The molecule has 0 bridgehead atoms. The Balaban J connectivity index is 1.22. The van der Waals surface area contributed by atoms with Gasteiger partial charge >= 0.3 is 6.01 Å². The van der Waals surface area contributed by atoms with Crippen molar-refractivity contribution in [2.45, 2.75) is 45.7 Å². The summed E-state index contributed by atoms with van der Waals surface area (Å²) in [5.74, 6) is 1.73. The Hall–Kier alpha value is -3.00. The molecule has 7 nitrogen and oxygen atoms in total. The van der Waals surface area contributed by atoms with Crippen LogP contribution in [0.1, 0.15) is 30.5 Å². The first-order valence-corrected chi connectivity index (χ1v) is 12.0. The number of rotatable bonds is 6. The van der Waals surface area contributed by atoms with Gasteiger partial charge in [-0.05, 0) is 55.3 Å². The molecule has 5 rings (SSSR count). The van der Waals surface area contributed by atoms with E-state index in [2.05, 4.69) is 63.9 Å². The molecule has 3 aromatic rings. The molecule has 3 heterocycles. The third kappa shape index (κ3) is 5.91. The average Bonchev–Trinajstić information content (AvgIpc) is 3.02. The lowest BCUT2D eigenvalue weighted by molar-refractivity contribution is -0.0704. The van der Waals surface area contributed by atoms with Crippen molar-refractivity contribution < 1.29 is 14.2 Å². The minimum absolute atomic E-state index is 0.278. The quantitative estimate of drug-likeness (QED) is 0.544. The molecule has 2 aliphatic rings. The van der Waals surface area contributed by atoms with Gasteiger partial charge in [0.2, 0.25) is 0 Å². The number of benzene rings is 2. The maximum atomic E-state index is 6.07. The topological polar surface area (TPSA) is 60.0 Å². The number of nitrogens with zero attached hydrogens (tertiary/aromatic N) is 4. The van der Waals surface area contributed by atoms with E-state index < -0.39 is 0 Å². The monoisotopic (exact) mass is 460 g/mol. The number of morpholine rings is 1. The van der Waals surface area contributed by atoms with Gasteiger partial charge in [-0.1, -0.05) is 18.2 Å². The van der Waals surface area contributed by atoms with E-state index in [9.17, 15) is 0 Å². The molecule has 1 aromatic heterocycles. The third-order valence-corrected chi connectivity index (χ3v) is 6.17. The fourth-order valence-electron chi connectivity index (χ4n) is 4.77. The molecular formula is C27H32N4O3. The van der Waals surface area contributed by atoms with E-state index in [1.807, 2.05) is 12.1 Å². The molecule has 0 spiro atoms. The van der Waals surface area contributed by atoms with Crippen LogP contribution in [0.3, 0.4) is 0 Å². The first-order chi connectivity index (χ1) is 16.6. The van der Waals surface area contributed by atoms with Gasteiger partial charge in [-0.15, -0.1) is 0 Å². The Morgan fingerprint density at radius 1 is 0.912 bits per heavy atom. The number of hydrogen-bond donors (Lipinski definition) is 0. The third-order valence-electron chi connectivity index (χ3n) is 6.17. The average molecular weight is 461 g/mol. The maximum absolute atomic E-state index is 6.07. The first-order valence-electron chi connectivity index (χ1n) is 12.0. The summed E-state index contributed by atoms with van der Waals surface area (Å²) < 4.78 is 17.7. The zero-order valence-corrected chi connectivity index (χ0v) is 19.9. The van der Waals surface area contributed by atoms with Gasteiger partial charge in [0.25, 0.3) is 0 Å². The molecule has 1 fully saturated rings. The van der Waals surface area contributed by atoms with Crippen molar-refractivity contribution in [3.05, 3.63) is 77.6 Å². The molecule has 2 atom stereocenters. The lowest BCUT2D eigenvalue weighted by atomic mass is 10.1. The fourth-order valence-corrected chi connectivity index (χ4v) is 4.77. The Bertz CT molecular complexity index is 1070. The molecule has 0 aliphatic carbocycles. The van der Waals surface area contributed by atoms with Gasteiger partial charge in [0, 0.05) is 57.2 Å². The number of aromatic nitrogens is 2. The van der Waals surface area contributed by atoms with Gasteiger partial charge in [0.15, 0.2) is 0 Å². The molecule has 0 unspecified atom stereocenters. The molecule has 7 heteroatoms. The van der Waals surface area contributed by atoms with E-state index >= 15 is 0 Å². The Labute approximate surface area is 201 Å². The minimum atomic E-state index is 0.278. The standard InChI is InChI=1S/C27H32N4O3/c1-20-15-31(16-21(2)33-20)18-23-6-9-26-24(14-23)19-30(12-13-32-26)17-22-4-7-25(8-5-22)34-27-28-10-3-11-29-27/h3-11,14,20-21H,12-13,15-19H2,1-2H3/t20-,21+. The van der Waals surface area contributed by atoms with Crippen molar-refractivity contribution in [1.82, 2.24) is 19.8 Å². The second-order valence-electron chi connectivity index (χ2n) is 9.23. The van der Waals surface area contributed by atoms with E-state index in [4.69, 9.17) is 14.2 Å². The molecule has 34 heavy (non-hydrogen) atoms. The highest BCUT2D eigenvalue weighted by Gasteiger charge is 2.23. The predicted molar refractivity (Wildman–Crippen MR) is 130 cm³/mol. The normalized spacial score (nSPS) is 21.4. The Morgan fingerprint density at radius 2 is 1.62 bits per heavy atom. The molecule has 2 aliphatic heterocycles. The van der Waals surface area contributed by atoms with Gasteiger partial charge in [0.1, 0.15) is 18.1 Å². The van der Waals surface area contributed by atoms with Crippen LogP contribution < -0.4 is 9.47 Å². The van der Waals surface area contributed by atoms with Crippen LogP contribution in [-0.4, -0.2) is 58.2 Å². The van der Waals surface area contributed by atoms with Crippen LogP contribution in [0.15, 0.2) is 60.9 Å². The number of hydrogen-bond acceptors (Lipinski definition) is 7. The van der Waals surface area contributed by atoms with Crippen molar-refractivity contribution in [3.8, 4) is 17.5 Å². The zero-order chi connectivity index (χ0) is 23.3. The molecular weight excluding hydrogens is 428 g/mol. The first kappa shape index (κ1) is 22.8. The van der Waals surface area contributed by atoms with Crippen LogP contribution in [0, 0.1) is 0 Å². The highest BCUT2D eigenvalue weighted by Crippen LogP contribution is 2.27. The smallest absolute Gasteiger partial charge is 0.321 e. The Kier molecular flexibility index (Phi) is 7.04. The lowest BCUT2D eigenvalue weighted by Gasteiger charge is -2.35. The second-order valence-corrected chi connectivity index (χ2v) is 9.23. The molecule has 0 amide bonds.